The highest BCUT2D eigenvalue weighted by molar-refractivity contribution is 9.10. The number of likely N-dealkylation sites (N-methyl/N-ethyl adjacent to an activating group) is 1. The van der Waals surface area contributed by atoms with Crippen LogP contribution in [0.25, 0.3) is 0 Å². The number of rotatable bonds is 9. The van der Waals surface area contributed by atoms with Gasteiger partial charge in [0.1, 0.15) is 18.2 Å². The normalized spacial score (nSPS) is 10.8. The Labute approximate surface area is 147 Å². The molecule has 0 saturated carbocycles. The molecule has 1 aromatic carbocycles. The van der Waals surface area contributed by atoms with E-state index in [1.54, 1.807) is 6.20 Å². The molecule has 0 radical (unpaired) electrons. The van der Waals surface area contributed by atoms with Crippen molar-refractivity contribution in [2.45, 2.75) is 20.4 Å². The minimum atomic E-state index is 0.700. The van der Waals surface area contributed by atoms with Crippen molar-refractivity contribution in [2.75, 3.05) is 31.6 Å². The first kappa shape index (κ1) is 17.8. The fraction of sp³-hybridized carbons (Fsp3) is 0.389. The highest BCUT2D eigenvalue weighted by Crippen LogP contribution is 2.26. The molecule has 0 aliphatic heterocycles. The number of hydrogen-bond donors (Lipinski definition) is 1. The van der Waals surface area contributed by atoms with Crippen LogP contribution in [0.5, 0.6) is 5.75 Å². The van der Waals surface area contributed by atoms with E-state index in [-0.39, 0.29) is 0 Å². The number of anilines is 1. The van der Waals surface area contributed by atoms with Crippen LogP contribution in [0.1, 0.15) is 19.4 Å². The number of nitrogens with one attached hydrogen (secondary N) is 1. The number of hydrogen-bond acceptors (Lipinski definition) is 4. The molecule has 1 aromatic heterocycles. The van der Waals surface area contributed by atoms with E-state index >= 15 is 0 Å². The summed E-state index contributed by atoms with van der Waals surface area (Å²) < 4.78 is 6.85. The molecule has 0 unspecified atom stereocenters. The van der Waals surface area contributed by atoms with Gasteiger partial charge in [-0.2, -0.15) is 0 Å². The lowest BCUT2D eigenvalue weighted by molar-refractivity contribution is 0.222. The van der Waals surface area contributed by atoms with Crippen molar-refractivity contribution < 1.29 is 4.74 Å². The van der Waals surface area contributed by atoms with Gasteiger partial charge in [-0.05, 0) is 58.8 Å². The van der Waals surface area contributed by atoms with E-state index in [2.05, 4.69) is 57.1 Å². The van der Waals surface area contributed by atoms with Crippen LogP contribution >= 0.6 is 15.9 Å². The zero-order chi connectivity index (χ0) is 16.5. The number of pyridine rings is 1. The van der Waals surface area contributed by atoms with Crippen LogP contribution in [-0.4, -0.2) is 36.1 Å². The fourth-order valence-electron chi connectivity index (χ4n) is 2.26. The lowest BCUT2D eigenvalue weighted by Gasteiger charge is -2.18. The molecule has 0 aliphatic carbocycles. The van der Waals surface area contributed by atoms with E-state index in [0.717, 1.165) is 42.2 Å². The molecule has 2 aromatic rings. The summed E-state index contributed by atoms with van der Waals surface area (Å²) in [6.07, 6.45) is 1.78. The molecular formula is C18H24BrN3O. The van der Waals surface area contributed by atoms with Gasteiger partial charge >= 0.3 is 0 Å². The Kier molecular flexibility index (Phi) is 7.36. The van der Waals surface area contributed by atoms with Crippen LogP contribution in [0.15, 0.2) is 47.1 Å². The van der Waals surface area contributed by atoms with Crippen LogP contribution in [0.2, 0.25) is 0 Å². The van der Waals surface area contributed by atoms with Gasteiger partial charge in [0.25, 0.3) is 0 Å². The molecule has 0 fully saturated rings. The summed E-state index contributed by atoms with van der Waals surface area (Å²) in [6, 6.07) is 12.0. The third-order valence-corrected chi connectivity index (χ3v) is 4.31. The van der Waals surface area contributed by atoms with Crippen LogP contribution in [0.3, 0.4) is 0 Å². The van der Waals surface area contributed by atoms with Gasteiger partial charge < -0.3 is 15.0 Å². The van der Waals surface area contributed by atoms with Crippen molar-refractivity contribution in [3.63, 3.8) is 0 Å². The van der Waals surface area contributed by atoms with E-state index in [9.17, 15) is 0 Å². The topological polar surface area (TPSA) is 37.4 Å². The average molecular weight is 378 g/mol. The van der Waals surface area contributed by atoms with Crippen molar-refractivity contribution in [2.24, 2.45) is 0 Å². The zero-order valence-corrected chi connectivity index (χ0v) is 15.3. The van der Waals surface area contributed by atoms with Crippen molar-refractivity contribution in [1.82, 2.24) is 9.88 Å². The Morgan fingerprint density at radius 3 is 2.65 bits per heavy atom. The predicted octanol–water partition coefficient (Wildman–Crippen LogP) is 4.18. The monoisotopic (exact) mass is 377 g/mol. The molecule has 0 aliphatic rings. The van der Waals surface area contributed by atoms with Gasteiger partial charge in [-0.1, -0.05) is 26.0 Å². The maximum atomic E-state index is 5.87. The van der Waals surface area contributed by atoms with Gasteiger partial charge in [0, 0.05) is 19.3 Å². The number of ether oxygens (including phenoxy) is 1. The van der Waals surface area contributed by atoms with Crippen molar-refractivity contribution in [3.8, 4) is 5.75 Å². The Bertz CT molecular complexity index is 588. The summed E-state index contributed by atoms with van der Waals surface area (Å²) >= 11 is 3.59. The highest BCUT2D eigenvalue weighted by atomic mass is 79.9. The second-order valence-electron chi connectivity index (χ2n) is 5.21. The summed E-state index contributed by atoms with van der Waals surface area (Å²) in [5.74, 6) is 1.77. The van der Waals surface area contributed by atoms with Gasteiger partial charge in [0.15, 0.2) is 0 Å². The van der Waals surface area contributed by atoms with Crippen LogP contribution in [0.4, 0.5) is 5.82 Å². The second-order valence-corrected chi connectivity index (χ2v) is 6.06. The smallest absolute Gasteiger partial charge is 0.133 e. The largest absolute Gasteiger partial charge is 0.491 e. The Morgan fingerprint density at radius 2 is 2.00 bits per heavy atom. The predicted molar refractivity (Wildman–Crippen MR) is 99.0 cm³/mol. The molecule has 0 amide bonds. The Morgan fingerprint density at radius 1 is 1.17 bits per heavy atom. The molecule has 4 nitrogen and oxygen atoms in total. The van der Waals surface area contributed by atoms with Crippen molar-refractivity contribution >= 4 is 21.7 Å². The SMILES string of the molecule is CCN(CC)CCOc1ccc(CNc2ccccn2)cc1Br. The minimum Gasteiger partial charge on any atom is -0.491 e. The van der Waals surface area contributed by atoms with Gasteiger partial charge in [-0.3, -0.25) is 0 Å². The summed E-state index contributed by atoms with van der Waals surface area (Å²) in [7, 11) is 0. The highest BCUT2D eigenvalue weighted by Gasteiger charge is 2.05. The number of benzene rings is 1. The minimum absolute atomic E-state index is 0.700. The molecule has 0 spiro atoms. The summed E-state index contributed by atoms with van der Waals surface area (Å²) in [6.45, 7) is 8.83. The first-order valence-electron chi connectivity index (χ1n) is 8.01. The zero-order valence-electron chi connectivity index (χ0n) is 13.8. The molecule has 23 heavy (non-hydrogen) atoms. The molecule has 0 saturated heterocycles. The average Bonchev–Trinajstić information content (AvgIpc) is 2.59. The first-order chi connectivity index (χ1) is 11.2. The van der Waals surface area contributed by atoms with Gasteiger partial charge in [-0.15, -0.1) is 0 Å². The quantitative estimate of drug-likeness (QED) is 0.711. The summed E-state index contributed by atoms with van der Waals surface area (Å²) in [5.41, 5.74) is 1.18. The van der Waals surface area contributed by atoms with Gasteiger partial charge in [-0.25, -0.2) is 4.98 Å². The Hall–Kier alpha value is -1.59. The van der Waals surface area contributed by atoms with Gasteiger partial charge in [0.05, 0.1) is 4.47 Å². The summed E-state index contributed by atoms with van der Waals surface area (Å²) in [5, 5.41) is 3.30. The third kappa shape index (κ3) is 5.84. The number of halogens is 1. The lowest BCUT2D eigenvalue weighted by atomic mass is 10.2. The standard InChI is InChI=1S/C18H24BrN3O/c1-3-22(4-2)11-12-23-17-9-8-15(13-16(17)19)14-21-18-7-5-6-10-20-18/h5-10,13H,3-4,11-12,14H2,1-2H3,(H,20,21). The van der Waals surface area contributed by atoms with Crippen LogP contribution < -0.4 is 10.1 Å². The Balaban J connectivity index is 1.85. The van der Waals surface area contributed by atoms with Crippen LogP contribution in [-0.2, 0) is 6.54 Å². The van der Waals surface area contributed by atoms with E-state index in [1.807, 2.05) is 24.3 Å². The molecule has 1 N–H and O–H groups in total. The maximum Gasteiger partial charge on any atom is 0.133 e. The first-order valence-corrected chi connectivity index (χ1v) is 8.80. The van der Waals surface area contributed by atoms with E-state index in [1.165, 1.54) is 5.56 Å². The lowest BCUT2D eigenvalue weighted by Crippen LogP contribution is -2.27. The molecule has 2 rings (SSSR count). The van der Waals surface area contributed by atoms with Crippen LogP contribution in [0, 0.1) is 0 Å². The molecule has 5 heteroatoms. The third-order valence-electron chi connectivity index (χ3n) is 3.69. The molecule has 0 atom stereocenters. The molecule has 1 heterocycles. The maximum absolute atomic E-state index is 5.87. The van der Waals surface area contributed by atoms with Crippen molar-refractivity contribution in [1.29, 1.82) is 0 Å². The number of aromatic nitrogens is 1. The number of nitrogens with zero attached hydrogens (tertiary/aromatic N) is 2. The van der Waals surface area contributed by atoms with E-state index in [4.69, 9.17) is 4.74 Å². The van der Waals surface area contributed by atoms with Crippen molar-refractivity contribution in [3.05, 3.63) is 52.6 Å². The summed E-state index contributed by atoms with van der Waals surface area (Å²) in [4.78, 5) is 6.60. The van der Waals surface area contributed by atoms with E-state index in [0.29, 0.717) is 6.61 Å². The second kappa shape index (κ2) is 9.53. The molecule has 0 bridgehead atoms. The molecule has 124 valence electrons. The van der Waals surface area contributed by atoms with Gasteiger partial charge in [0.2, 0.25) is 0 Å². The fourth-order valence-corrected chi connectivity index (χ4v) is 2.80. The molecular weight excluding hydrogens is 354 g/mol. The van der Waals surface area contributed by atoms with E-state index < -0.39 is 0 Å².